The molecule has 102 valence electrons. The van der Waals surface area contributed by atoms with Gasteiger partial charge in [-0.05, 0) is 25.3 Å². The highest BCUT2D eigenvalue weighted by Crippen LogP contribution is 2.30. The third-order valence-corrected chi connectivity index (χ3v) is 3.51. The summed E-state index contributed by atoms with van der Waals surface area (Å²) in [5.41, 5.74) is 0.980. The Morgan fingerprint density at radius 1 is 1.32 bits per heavy atom. The number of hydrogen-bond donors (Lipinski definition) is 1. The zero-order valence-electron chi connectivity index (χ0n) is 11.1. The minimum atomic E-state index is -0.856. The molecule has 1 saturated carbocycles. The lowest BCUT2D eigenvalue weighted by Gasteiger charge is -2.25. The smallest absolute Gasteiger partial charge is 0.305 e. The molecule has 1 unspecified atom stereocenters. The van der Waals surface area contributed by atoms with Gasteiger partial charge in [0.1, 0.15) is 0 Å². The summed E-state index contributed by atoms with van der Waals surface area (Å²) in [5.74, 6) is -1.03. The van der Waals surface area contributed by atoms with E-state index in [9.17, 15) is 9.59 Å². The molecule has 2 rings (SSSR count). The molecule has 1 aliphatic rings. The van der Waals surface area contributed by atoms with Crippen LogP contribution in [0.1, 0.15) is 37.7 Å². The molecular weight excluding hydrogens is 242 g/mol. The highest BCUT2D eigenvalue weighted by Gasteiger charge is 2.34. The quantitative estimate of drug-likeness (QED) is 0.854. The van der Waals surface area contributed by atoms with Gasteiger partial charge < -0.3 is 10.0 Å². The largest absolute Gasteiger partial charge is 0.481 e. The van der Waals surface area contributed by atoms with Crippen LogP contribution in [0.2, 0.25) is 0 Å². The topological polar surface area (TPSA) is 57.6 Å². The molecule has 0 aromatic heterocycles. The van der Waals surface area contributed by atoms with Gasteiger partial charge in [-0.1, -0.05) is 30.3 Å². The van der Waals surface area contributed by atoms with Crippen molar-refractivity contribution in [3.63, 3.8) is 0 Å². The second-order valence-electron chi connectivity index (χ2n) is 5.04. The number of amides is 1. The molecule has 19 heavy (non-hydrogen) atoms. The Morgan fingerprint density at radius 3 is 2.47 bits per heavy atom. The Bertz CT molecular complexity index is 454. The highest BCUT2D eigenvalue weighted by molar-refractivity contribution is 5.84. The van der Waals surface area contributed by atoms with Crippen LogP contribution in [-0.2, 0) is 9.59 Å². The van der Waals surface area contributed by atoms with Crippen LogP contribution >= 0.6 is 0 Å². The standard InChI is InChI=1S/C15H19NO3/c1-11(12-5-3-2-4-6-12)15(19)16(13-7-8-13)10-9-14(17)18/h2-6,11,13H,7-10H2,1H3,(H,17,18). The zero-order valence-corrected chi connectivity index (χ0v) is 11.1. The van der Waals surface area contributed by atoms with Crippen molar-refractivity contribution >= 4 is 11.9 Å². The Hall–Kier alpha value is -1.84. The number of carboxylic acid groups (broad SMARTS) is 1. The van der Waals surface area contributed by atoms with Gasteiger partial charge >= 0.3 is 5.97 Å². The molecule has 0 saturated heterocycles. The van der Waals surface area contributed by atoms with Crippen LogP contribution in [0.5, 0.6) is 0 Å². The molecule has 1 aromatic carbocycles. The van der Waals surface area contributed by atoms with Gasteiger partial charge in [0.05, 0.1) is 12.3 Å². The number of rotatable bonds is 6. The van der Waals surface area contributed by atoms with Crippen LogP contribution < -0.4 is 0 Å². The van der Waals surface area contributed by atoms with Crippen molar-refractivity contribution in [1.29, 1.82) is 0 Å². The number of carbonyl (C=O) groups excluding carboxylic acids is 1. The molecule has 0 radical (unpaired) electrons. The van der Waals surface area contributed by atoms with Gasteiger partial charge in [-0.15, -0.1) is 0 Å². The third-order valence-electron chi connectivity index (χ3n) is 3.51. The summed E-state index contributed by atoms with van der Waals surface area (Å²) in [6.07, 6.45) is 2.00. The van der Waals surface area contributed by atoms with E-state index >= 15 is 0 Å². The molecule has 1 atom stereocenters. The van der Waals surface area contributed by atoms with E-state index in [1.54, 1.807) is 4.90 Å². The van der Waals surface area contributed by atoms with Gasteiger partial charge in [0.15, 0.2) is 0 Å². The summed E-state index contributed by atoms with van der Waals surface area (Å²) in [6, 6.07) is 9.87. The molecule has 1 aromatic rings. The monoisotopic (exact) mass is 261 g/mol. The summed E-state index contributed by atoms with van der Waals surface area (Å²) in [6.45, 7) is 2.20. The summed E-state index contributed by atoms with van der Waals surface area (Å²) < 4.78 is 0. The van der Waals surface area contributed by atoms with Crippen molar-refractivity contribution in [2.24, 2.45) is 0 Å². The molecule has 4 heteroatoms. The molecular formula is C15H19NO3. The first kappa shape index (κ1) is 13.6. The summed E-state index contributed by atoms with van der Waals surface area (Å²) in [4.78, 5) is 24.9. The number of aliphatic carboxylic acids is 1. The maximum atomic E-state index is 12.5. The van der Waals surface area contributed by atoms with Gasteiger partial charge in [-0.25, -0.2) is 0 Å². The van der Waals surface area contributed by atoms with E-state index in [2.05, 4.69) is 0 Å². The average Bonchev–Trinajstić information content (AvgIpc) is 3.23. The molecule has 0 bridgehead atoms. The number of hydrogen-bond acceptors (Lipinski definition) is 2. The van der Waals surface area contributed by atoms with Crippen LogP contribution in [0, 0.1) is 0 Å². The molecule has 0 aliphatic heterocycles. The van der Waals surface area contributed by atoms with E-state index < -0.39 is 5.97 Å². The third kappa shape index (κ3) is 3.56. The van der Waals surface area contributed by atoms with Crippen LogP contribution in [0.15, 0.2) is 30.3 Å². The first-order valence-corrected chi connectivity index (χ1v) is 6.67. The van der Waals surface area contributed by atoms with Crippen LogP contribution in [0.4, 0.5) is 0 Å². The SMILES string of the molecule is CC(C(=O)N(CCC(=O)O)C1CC1)c1ccccc1. The molecule has 1 aliphatic carbocycles. The minimum absolute atomic E-state index is 0.0176. The van der Waals surface area contributed by atoms with Crippen molar-refractivity contribution in [3.05, 3.63) is 35.9 Å². The fourth-order valence-electron chi connectivity index (χ4n) is 2.21. The fraction of sp³-hybridized carbons (Fsp3) is 0.467. The van der Waals surface area contributed by atoms with Crippen molar-refractivity contribution in [1.82, 2.24) is 4.90 Å². The van der Waals surface area contributed by atoms with Gasteiger partial charge in [0.2, 0.25) is 5.91 Å². The van der Waals surface area contributed by atoms with Crippen molar-refractivity contribution in [3.8, 4) is 0 Å². The predicted molar refractivity (Wildman–Crippen MR) is 71.8 cm³/mol. The van der Waals surface area contributed by atoms with E-state index in [0.717, 1.165) is 18.4 Å². The lowest BCUT2D eigenvalue weighted by Crippen LogP contribution is -2.37. The number of carboxylic acids is 1. The lowest BCUT2D eigenvalue weighted by molar-refractivity contribution is -0.139. The summed E-state index contributed by atoms with van der Waals surface area (Å²) >= 11 is 0. The van der Waals surface area contributed by atoms with Crippen molar-refractivity contribution < 1.29 is 14.7 Å². The molecule has 1 N–H and O–H groups in total. The first-order chi connectivity index (χ1) is 9.09. The highest BCUT2D eigenvalue weighted by atomic mass is 16.4. The number of benzene rings is 1. The molecule has 4 nitrogen and oxygen atoms in total. The van der Waals surface area contributed by atoms with Crippen LogP contribution in [0.25, 0.3) is 0 Å². The van der Waals surface area contributed by atoms with E-state index in [1.165, 1.54) is 0 Å². The second-order valence-corrected chi connectivity index (χ2v) is 5.04. The zero-order chi connectivity index (χ0) is 13.8. The Kier molecular flexibility index (Phi) is 4.20. The van der Waals surface area contributed by atoms with Crippen LogP contribution in [-0.4, -0.2) is 34.5 Å². The van der Waals surface area contributed by atoms with E-state index in [4.69, 9.17) is 5.11 Å². The van der Waals surface area contributed by atoms with Crippen molar-refractivity contribution in [2.75, 3.05) is 6.54 Å². The van der Waals surface area contributed by atoms with Gasteiger partial charge in [0.25, 0.3) is 0 Å². The Balaban J connectivity index is 2.04. The normalized spacial score (nSPS) is 15.8. The van der Waals surface area contributed by atoms with Crippen LogP contribution in [0.3, 0.4) is 0 Å². The van der Waals surface area contributed by atoms with Gasteiger partial charge in [-0.3, -0.25) is 9.59 Å². The molecule has 1 amide bonds. The Morgan fingerprint density at radius 2 is 1.95 bits per heavy atom. The minimum Gasteiger partial charge on any atom is -0.481 e. The average molecular weight is 261 g/mol. The summed E-state index contributed by atoms with van der Waals surface area (Å²) in [5, 5.41) is 8.76. The Labute approximate surface area is 113 Å². The van der Waals surface area contributed by atoms with E-state index in [-0.39, 0.29) is 24.3 Å². The maximum absolute atomic E-state index is 12.5. The number of nitrogens with zero attached hydrogens (tertiary/aromatic N) is 1. The molecule has 0 heterocycles. The second kappa shape index (κ2) is 5.87. The van der Waals surface area contributed by atoms with E-state index in [1.807, 2.05) is 37.3 Å². The van der Waals surface area contributed by atoms with Gasteiger partial charge in [0, 0.05) is 12.6 Å². The van der Waals surface area contributed by atoms with Crippen molar-refractivity contribution in [2.45, 2.75) is 38.1 Å². The maximum Gasteiger partial charge on any atom is 0.305 e. The fourth-order valence-corrected chi connectivity index (χ4v) is 2.21. The van der Waals surface area contributed by atoms with Gasteiger partial charge in [-0.2, -0.15) is 0 Å². The predicted octanol–water partition coefficient (Wildman–Crippen LogP) is 2.26. The summed E-state index contributed by atoms with van der Waals surface area (Å²) in [7, 11) is 0. The van der Waals surface area contributed by atoms with E-state index in [0.29, 0.717) is 6.54 Å². The number of carbonyl (C=O) groups is 2. The first-order valence-electron chi connectivity index (χ1n) is 6.67. The molecule has 1 fully saturated rings. The lowest BCUT2D eigenvalue weighted by atomic mass is 9.99. The molecule has 0 spiro atoms.